The molecule has 0 unspecified atom stereocenters. The normalized spacial score (nSPS) is 10.9. The molecular weight excluding hydrogens is 417 g/mol. The quantitative estimate of drug-likeness (QED) is 0.468. The molecule has 0 spiro atoms. The zero-order valence-corrected chi connectivity index (χ0v) is 17.8. The number of benzene rings is 2. The van der Waals surface area contributed by atoms with Crippen molar-refractivity contribution in [3.63, 3.8) is 0 Å². The van der Waals surface area contributed by atoms with Crippen molar-refractivity contribution >= 4 is 33.8 Å². The minimum Gasteiger partial charge on any atom is -0.347 e. The van der Waals surface area contributed by atoms with Gasteiger partial charge in [0.15, 0.2) is 5.82 Å². The van der Waals surface area contributed by atoms with Crippen molar-refractivity contribution in [2.45, 2.75) is 20.3 Å². The highest BCUT2D eigenvalue weighted by atomic mass is 32.1. The van der Waals surface area contributed by atoms with Crippen LogP contribution >= 0.6 is 11.3 Å². The zero-order chi connectivity index (χ0) is 22.0. The van der Waals surface area contributed by atoms with Gasteiger partial charge in [0, 0.05) is 29.6 Å². The lowest BCUT2D eigenvalue weighted by molar-refractivity contribution is -0.136. The second-order valence-electron chi connectivity index (χ2n) is 7.09. The molecule has 2 amide bonds. The van der Waals surface area contributed by atoms with E-state index in [-0.39, 0.29) is 12.4 Å². The van der Waals surface area contributed by atoms with Crippen LogP contribution in [0.15, 0.2) is 47.8 Å². The number of carbonyl (C=O) groups is 2. The molecule has 2 aromatic carbocycles. The van der Waals surface area contributed by atoms with E-state index in [1.807, 2.05) is 37.4 Å². The van der Waals surface area contributed by atoms with E-state index in [0.29, 0.717) is 22.9 Å². The number of nitrogens with zero attached hydrogens (tertiary/aromatic N) is 3. The minimum absolute atomic E-state index is 0.274. The third kappa shape index (κ3) is 4.46. The summed E-state index contributed by atoms with van der Waals surface area (Å²) in [5.74, 6) is -1.21. The Labute approximate surface area is 181 Å². The van der Waals surface area contributed by atoms with Crippen LogP contribution in [0.2, 0.25) is 0 Å². The monoisotopic (exact) mass is 437 g/mol. The Morgan fingerprint density at radius 3 is 2.48 bits per heavy atom. The Kier molecular flexibility index (Phi) is 5.77. The molecule has 0 saturated carbocycles. The van der Waals surface area contributed by atoms with Crippen LogP contribution in [0.1, 0.15) is 16.8 Å². The summed E-state index contributed by atoms with van der Waals surface area (Å²) in [4.78, 5) is 29.6. The molecule has 2 N–H and O–H groups in total. The predicted octanol–water partition coefficient (Wildman–Crippen LogP) is 3.51. The van der Waals surface area contributed by atoms with Crippen molar-refractivity contribution in [2.24, 2.45) is 0 Å². The fourth-order valence-electron chi connectivity index (χ4n) is 3.18. The molecule has 0 radical (unpaired) electrons. The summed E-state index contributed by atoms with van der Waals surface area (Å²) in [5, 5.41) is 11.7. The molecule has 31 heavy (non-hydrogen) atoms. The second kappa shape index (κ2) is 8.65. The van der Waals surface area contributed by atoms with Gasteiger partial charge >= 0.3 is 11.8 Å². The number of aryl methyl sites for hydroxylation is 2. The van der Waals surface area contributed by atoms with Gasteiger partial charge in [-0.25, -0.2) is 8.91 Å². The lowest BCUT2D eigenvalue weighted by Crippen LogP contribution is -2.36. The summed E-state index contributed by atoms with van der Waals surface area (Å²) in [7, 11) is 0. The fourth-order valence-corrected chi connectivity index (χ4v) is 4.04. The Bertz CT molecular complexity index is 1240. The molecular formula is C22H20FN5O2S. The number of halogens is 1. The smallest absolute Gasteiger partial charge is 0.313 e. The molecule has 4 rings (SSSR count). The summed E-state index contributed by atoms with van der Waals surface area (Å²) < 4.78 is 14.8. The van der Waals surface area contributed by atoms with Gasteiger partial charge in [-0.2, -0.15) is 4.98 Å². The Hall–Kier alpha value is -3.59. The van der Waals surface area contributed by atoms with E-state index in [4.69, 9.17) is 0 Å². The first kappa shape index (κ1) is 20.7. The summed E-state index contributed by atoms with van der Waals surface area (Å²) >= 11 is 1.43. The molecule has 0 aliphatic rings. The standard InChI is InChI=1S/C22H20FN5O2S/c1-13-4-3-5-14(2)18(13)25-21(30)20(29)24-11-10-17-12-31-22-26-19(27-28(17)22)15-6-8-16(23)9-7-15/h3-9,12H,10-11H2,1-2H3,(H,24,29)(H,25,30). The lowest BCUT2D eigenvalue weighted by atomic mass is 10.1. The predicted molar refractivity (Wildman–Crippen MR) is 118 cm³/mol. The Morgan fingerprint density at radius 2 is 1.77 bits per heavy atom. The maximum Gasteiger partial charge on any atom is 0.313 e. The summed E-state index contributed by atoms with van der Waals surface area (Å²) in [6.07, 6.45) is 0.481. The van der Waals surface area contributed by atoms with Gasteiger partial charge < -0.3 is 10.6 Å². The topological polar surface area (TPSA) is 88.4 Å². The maximum atomic E-state index is 13.1. The lowest BCUT2D eigenvalue weighted by Gasteiger charge is -2.11. The number of amides is 2. The van der Waals surface area contributed by atoms with Crippen LogP contribution in [0.4, 0.5) is 10.1 Å². The number of anilines is 1. The molecule has 0 atom stereocenters. The highest BCUT2D eigenvalue weighted by Crippen LogP contribution is 2.21. The van der Waals surface area contributed by atoms with E-state index in [1.54, 1.807) is 16.6 Å². The Balaban J connectivity index is 1.37. The van der Waals surface area contributed by atoms with Gasteiger partial charge in [0.05, 0.1) is 5.69 Å². The van der Waals surface area contributed by atoms with Gasteiger partial charge in [-0.15, -0.1) is 16.4 Å². The molecule has 0 fully saturated rings. The largest absolute Gasteiger partial charge is 0.347 e. The molecule has 2 aromatic heterocycles. The molecule has 0 aliphatic carbocycles. The van der Waals surface area contributed by atoms with Crippen LogP contribution in [0.5, 0.6) is 0 Å². The molecule has 158 valence electrons. The number of aromatic nitrogens is 3. The van der Waals surface area contributed by atoms with E-state index in [0.717, 1.165) is 22.4 Å². The highest BCUT2D eigenvalue weighted by Gasteiger charge is 2.16. The minimum atomic E-state index is -0.702. The fraction of sp³-hybridized carbons (Fsp3) is 0.182. The van der Waals surface area contributed by atoms with Crippen molar-refractivity contribution in [3.8, 4) is 11.4 Å². The molecule has 9 heteroatoms. The van der Waals surface area contributed by atoms with Crippen molar-refractivity contribution in [2.75, 3.05) is 11.9 Å². The second-order valence-corrected chi connectivity index (χ2v) is 7.93. The summed E-state index contributed by atoms with van der Waals surface area (Å²) in [5.41, 5.74) is 4.02. The number of rotatable bonds is 5. The highest BCUT2D eigenvalue weighted by molar-refractivity contribution is 7.15. The van der Waals surface area contributed by atoms with Crippen molar-refractivity contribution < 1.29 is 14.0 Å². The number of nitrogens with one attached hydrogen (secondary N) is 2. The third-order valence-electron chi connectivity index (χ3n) is 4.84. The van der Waals surface area contributed by atoms with Crippen molar-refractivity contribution in [3.05, 3.63) is 70.5 Å². The zero-order valence-electron chi connectivity index (χ0n) is 17.0. The number of hydrogen-bond acceptors (Lipinski definition) is 5. The van der Waals surface area contributed by atoms with E-state index in [2.05, 4.69) is 20.7 Å². The Morgan fingerprint density at radius 1 is 1.06 bits per heavy atom. The van der Waals surface area contributed by atoms with Gasteiger partial charge in [0.25, 0.3) is 0 Å². The first-order valence-electron chi connectivity index (χ1n) is 9.67. The molecule has 2 heterocycles. The molecule has 4 aromatic rings. The number of fused-ring (bicyclic) bond motifs is 1. The van der Waals surface area contributed by atoms with Gasteiger partial charge in [-0.1, -0.05) is 18.2 Å². The summed E-state index contributed by atoms with van der Waals surface area (Å²) in [6.45, 7) is 4.03. The average molecular weight is 438 g/mol. The first-order valence-corrected chi connectivity index (χ1v) is 10.5. The average Bonchev–Trinajstić information content (AvgIpc) is 3.33. The van der Waals surface area contributed by atoms with E-state index < -0.39 is 11.8 Å². The van der Waals surface area contributed by atoms with E-state index in [1.165, 1.54) is 23.5 Å². The summed E-state index contributed by atoms with van der Waals surface area (Å²) in [6, 6.07) is 11.6. The van der Waals surface area contributed by atoms with Crippen LogP contribution in [-0.4, -0.2) is 33.0 Å². The van der Waals surface area contributed by atoms with Crippen LogP contribution in [0, 0.1) is 19.7 Å². The van der Waals surface area contributed by atoms with Crippen LogP contribution in [0.3, 0.4) is 0 Å². The number of para-hydroxylation sites is 1. The maximum absolute atomic E-state index is 13.1. The van der Waals surface area contributed by atoms with Crippen LogP contribution < -0.4 is 10.6 Å². The molecule has 0 aliphatic heterocycles. The first-order chi connectivity index (χ1) is 14.9. The van der Waals surface area contributed by atoms with Gasteiger partial charge in [0.1, 0.15) is 5.82 Å². The number of carbonyl (C=O) groups excluding carboxylic acids is 2. The van der Waals surface area contributed by atoms with E-state index >= 15 is 0 Å². The van der Waals surface area contributed by atoms with Gasteiger partial charge in [0.2, 0.25) is 4.96 Å². The molecule has 0 bridgehead atoms. The molecule has 0 saturated heterocycles. The SMILES string of the molecule is Cc1cccc(C)c1NC(=O)C(=O)NCCc1csc2nc(-c3ccc(F)cc3)nn12. The third-order valence-corrected chi connectivity index (χ3v) is 5.71. The van der Waals surface area contributed by atoms with Crippen LogP contribution in [0.25, 0.3) is 16.3 Å². The van der Waals surface area contributed by atoms with E-state index in [9.17, 15) is 14.0 Å². The molecule has 7 nitrogen and oxygen atoms in total. The number of thiazole rings is 1. The van der Waals surface area contributed by atoms with Crippen molar-refractivity contribution in [1.29, 1.82) is 0 Å². The van der Waals surface area contributed by atoms with Crippen molar-refractivity contribution in [1.82, 2.24) is 19.9 Å². The van der Waals surface area contributed by atoms with Gasteiger partial charge in [-0.05, 0) is 49.2 Å². The van der Waals surface area contributed by atoms with Crippen LogP contribution in [-0.2, 0) is 16.0 Å². The number of hydrogen-bond donors (Lipinski definition) is 2. The van der Waals surface area contributed by atoms with Gasteiger partial charge in [-0.3, -0.25) is 9.59 Å².